The molecule has 2 rings (SSSR count). The number of nitrogens with zero attached hydrogens (tertiary/aromatic N) is 3. The molecule has 1 aromatic rings. The van der Waals surface area contributed by atoms with Gasteiger partial charge in [0.1, 0.15) is 0 Å². The Morgan fingerprint density at radius 2 is 1.94 bits per heavy atom. The van der Waals surface area contributed by atoms with Crippen LogP contribution in [0.2, 0.25) is 0 Å². The first-order valence-corrected chi connectivity index (χ1v) is 6.52. The van der Waals surface area contributed by atoms with Crippen molar-refractivity contribution >= 4 is 0 Å². The van der Waals surface area contributed by atoms with Gasteiger partial charge in [0.25, 0.3) is 0 Å². The van der Waals surface area contributed by atoms with Crippen LogP contribution in [-0.2, 0) is 13.1 Å². The maximum Gasteiger partial charge on any atom is 0.0584 e. The van der Waals surface area contributed by atoms with Crippen molar-refractivity contribution < 1.29 is 5.11 Å². The minimum absolute atomic E-state index is 0.250. The van der Waals surface area contributed by atoms with Gasteiger partial charge in [-0.2, -0.15) is 0 Å². The first kappa shape index (κ1) is 13.4. The molecule has 2 heterocycles. The molecule has 100 valence electrons. The summed E-state index contributed by atoms with van der Waals surface area (Å²) in [7, 11) is 0. The number of aliphatic hydroxyl groups excluding tert-OH is 1. The monoisotopic (exact) mass is 250 g/mol. The Labute approximate surface area is 108 Å². The molecule has 0 bridgehead atoms. The van der Waals surface area contributed by atoms with Crippen molar-refractivity contribution in [1.82, 2.24) is 14.8 Å². The normalized spacial score (nSPS) is 18.1. The van der Waals surface area contributed by atoms with Crippen molar-refractivity contribution in [3.05, 3.63) is 29.6 Å². The second kappa shape index (κ2) is 6.80. The van der Waals surface area contributed by atoms with Crippen LogP contribution in [0, 0.1) is 0 Å². The highest BCUT2D eigenvalue weighted by Gasteiger charge is 2.17. The molecule has 1 aliphatic rings. The van der Waals surface area contributed by atoms with Crippen LogP contribution >= 0.6 is 0 Å². The SMILES string of the molecule is NCc1ncccc1CN1CCN(CCO)CC1. The van der Waals surface area contributed by atoms with Gasteiger partial charge in [-0.3, -0.25) is 14.8 Å². The molecule has 0 radical (unpaired) electrons. The molecule has 0 unspecified atom stereocenters. The quantitative estimate of drug-likeness (QED) is 0.748. The number of piperazine rings is 1. The van der Waals surface area contributed by atoms with E-state index in [1.165, 1.54) is 5.56 Å². The van der Waals surface area contributed by atoms with Gasteiger partial charge in [0.05, 0.1) is 12.3 Å². The fraction of sp³-hybridized carbons (Fsp3) is 0.615. The molecule has 0 amide bonds. The van der Waals surface area contributed by atoms with Gasteiger partial charge < -0.3 is 10.8 Å². The highest BCUT2D eigenvalue weighted by atomic mass is 16.3. The summed E-state index contributed by atoms with van der Waals surface area (Å²) in [5, 5.41) is 8.91. The zero-order chi connectivity index (χ0) is 12.8. The number of hydrogen-bond donors (Lipinski definition) is 2. The molecule has 5 heteroatoms. The number of pyridine rings is 1. The fourth-order valence-electron chi connectivity index (χ4n) is 2.35. The van der Waals surface area contributed by atoms with Crippen molar-refractivity contribution in [3.8, 4) is 0 Å². The molecule has 0 saturated carbocycles. The van der Waals surface area contributed by atoms with E-state index >= 15 is 0 Å². The average molecular weight is 250 g/mol. The average Bonchev–Trinajstić information content (AvgIpc) is 2.42. The third-order valence-corrected chi connectivity index (χ3v) is 3.45. The molecule has 1 aromatic heterocycles. The summed E-state index contributed by atoms with van der Waals surface area (Å²) in [6.45, 7) is 6.60. The topological polar surface area (TPSA) is 65.6 Å². The minimum atomic E-state index is 0.250. The summed E-state index contributed by atoms with van der Waals surface area (Å²) in [5.74, 6) is 0. The second-order valence-corrected chi connectivity index (χ2v) is 4.65. The third kappa shape index (κ3) is 3.49. The van der Waals surface area contributed by atoms with Gasteiger partial charge in [-0.1, -0.05) is 6.07 Å². The molecular weight excluding hydrogens is 228 g/mol. The number of rotatable bonds is 5. The summed E-state index contributed by atoms with van der Waals surface area (Å²) >= 11 is 0. The van der Waals surface area contributed by atoms with Crippen LogP contribution in [0.1, 0.15) is 11.3 Å². The van der Waals surface area contributed by atoms with Crippen molar-refractivity contribution in [2.24, 2.45) is 5.73 Å². The van der Waals surface area contributed by atoms with Crippen LogP contribution in [0.3, 0.4) is 0 Å². The summed E-state index contributed by atoms with van der Waals surface area (Å²) in [4.78, 5) is 9.03. The van der Waals surface area contributed by atoms with Gasteiger partial charge in [0, 0.05) is 52.0 Å². The zero-order valence-corrected chi connectivity index (χ0v) is 10.8. The van der Waals surface area contributed by atoms with Gasteiger partial charge >= 0.3 is 0 Å². The summed E-state index contributed by atoms with van der Waals surface area (Å²) in [6.07, 6.45) is 1.80. The predicted molar refractivity (Wildman–Crippen MR) is 70.9 cm³/mol. The van der Waals surface area contributed by atoms with Crippen molar-refractivity contribution in [1.29, 1.82) is 0 Å². The first-order valence-electron chi connectivity index (χ1n) is 6.52. The van der Waals surface area contributed by atoms with E-state index in [1.54, 1.807) is 6.20 Å². The Bertz CT molecular complexity index is 364. The third-order valence-electron chi connectivity index (χ3n) is 3.45. The lowest BCUT2D eigenvalue weighted by Gasteiger charge is -2.34. The van der Waals surface area contributed by atoms with Gasteiger partial charge in [-0.05, 0) is 11.6 Å². The van der Waals surface area contributed by atoms with E-state index in [1.807, 2.05) is 6.07 Å². The Balaban J connectivity index is 1.87. The second-order valence-electron chi connectivity index (χ2n) is 4.65. The van der Waals surface area contributed by atoms with Crippen LogP contribution in [0.15, 0.2) is 18.3 Å². The predicted octanol–water partition coefficient (Wildman–Crippen LogP) is -0.350. The maximum absolute atomic E-state index is 8.91. The molecule has 1 saturated heterocycles. The van der Waals surface area contributed by atoms with Gasteiger partial charge in [-0.25, -0.2) is 0 Å². The van der Waals surface area contributed by atoms with Crippen molar-refractivity contribution in [2.75, 3.05) is 39.3 Å². The molecule has 1 fully saturated rings. The fourth-order valence-corrected chi connectivity index (χ4v) is 2.35. The summed E-state index contributed by atoms with van der Waals surface area (Å²) in [5.41, 5.74) is 7.93. The number of aromatic nitrogens is 1. The highest BCUT2D eigenvalue weighted by molar-refractivity contribution is 5.19. The standard InChI is InChI=1S/C13H22N4O/c14-10-13-12(2-1-3-15-13)11-17-6-4-16(5-7-17)8-9-18/h1-3,18H,4-11,14H2. The summed E-state index contributed by atoms with van der Waals surface area (Å²) < 4.78 is 0. The van der Waals surface area contributed by atoms with E-state index in [2.05, 4.69) is 20.9 Å². The molecule has 5 nitrogen and oxygen atoms in total. The van der Waals surface area contributed by atoms with Crippen LogP contribution < -0.4 is 5.73 Å². The zero-order valence-electron chi connectivity index (χ0n) is 10.8. The largest absolute Gasteiger partial charge is 0.395 e. The Morgan fingerprint density at radius 3 is 2.61 bits per heavy atom. The van der Waals surface area contributed by atoms with E-state index in [9.17, 15) is 0 Å². The Morgan fingerprint density at radius 1 is 1.22 bits per heavy atom. The van der Waals surface area contributed by atoms with E-state index in [4.69, 9.17) is 10.8 Å². The number of aliphatic hydroxyl groups is 1. The molecule has 18 heavy (non-hydrogen) atoms. The van der Waals surface area contributed by atoms with E-state index in [-0.39, 0.29) is 6.61 Å². The van der Waals surface area contributed by atoms with Crippen LogP contribution in [0.25, 0.3) is 0 Å². The van der Waals surface area contributed by atoms with Gasteiger partial charge in [-0.15, -0.1) is 0 Å². The van der Waals surface area contributed by atoms with E-state index < -0.39 is 0 Å². The van der Waals surface area contributed by atoms with E-state index in [0.29, 0.717) is 6.54 Å². The number of nitrogens with two attached hydrogens (primary N) is 1. The molecule has 0 spiro atoms. The first-order chi connectivity index (χ1) is 8.83. The highest BCUT2D eigenvalue weighted by Crippen LogP contribution is 2.11. The molecular formula is C13H22N4O. The molecule has 0 atom stereocenters. The number of hydrogen-bond acceptors (Lipinski definition) is 5. The smallest absolute Gasteiger partial charge is 0.0584 e. The molecule has 1 aliphatic heterocycles. The lowest BCUT2D eigenvalue weighted by molar-refractivity contribution is 0.108. The van der Waals surface area contributed by atoms with Crippen molar-refractivity contribution in [2.45, 2.75) is 13.1 Å². The lowest BCUT2D eigenvalue weighted by Crippen LogP contribution is -2.46. The van der Waals surface area contributed by atoms with Gasteiger partial charge in [0.15, 0.2) is 0 Å². The minimum Gasteiger partial charge on any atom is -0.395 e. The molecule has 0 aromatic carbocycles. The van der Waals surface area contributed by atoms with Crippen molar-refractivity contribution in [3.63, 3.8) is 0 Å². The van der Waals surface area contributed by atoms with E-state index in [0.717, 1.165) is 45.0 Å². The maximum atomic E-state index is 8.91. The Kier molecular flexibility index (Phi) is 5.07. The Hall–Kier alpha value is -1.01. The molecule has 0 aliphatic carbocycles. The molecule has 3 N–H and O–H groups in total. The van der Waals surface area contributed by atoms with Crippen LogP contribution in [-0.4, -0.2) is 59.2 Å². The lowest BCUT2D eigenvalue weighted by atomic mass is 10.1. The van der Waals surface area contributed by atoms with Gasteiger partial charge in [0.2, 0.25) is 0 Å². The van der Waals surface area contributed by atoms with Crippen LogP contribution in [0.5, 0.6) is 0 Å². The summed E-state index contributed by atoms with van der Waals surface area (Å²) in [6, 6.07) is 4.08. The van der Waals surface area contributed by atoms with Crippen LogP contribution in [0.4, 0.5) is 0 Å². The number of β-amino-alcohol motifs (C(OH)–C–C–N with tert-alkyl or cyclic N) is 1.